The molecule has 130 valence electrons. The maximum atomic E-state index is 12.9. The standard InChI is InChI=1S/C18H15FN6O/c19-10-14-8-12(4-6-20-14)16-2-1-3-17-23-18(24-25(16)17)22-13-5-7-21-15(9-13)11-26/h1-9,26H,10-11H2,(H,21,22,24). The third kappa shape index (κ3) is 3.09. The van der Waals surface area contributed by atoms with Gasteiger partial charge >= 0.3 is 0 Å². The van der Waals surface area contributed by atoms with Gasteiger partial charge in [-0.05, 0) is 36.4 Å². The number of anilines is 2. The molecule has 4 aromatic rings. The SMILES string of the molecule is OCc1cc(Nc2nc3cccc(-c4ccnc(CF)c4)n3n2)ccn1. The van der Waals surface area contributed by atoms with Gasteiger partial charge < -0.3 is 10.4 Å². The first-order valence-corrected chi connectivity index (χ1v) is 7.96. The van der Waals surface area contributed by atoms with E-state index in [1.165, 1.54) is 0 Å². The molecule has 4 rings (SSSR count). The molecule has 4 aromatic heterocycles. The molecule has 0 unspecified atom stereocenters. The monoisotopic (exact) mass is 350 g/mol. The first-order valence-electron chi connectivity index (χ1n) is 7.96. The number of aliphatic hydroxyl groups excluding tert-OH is 1. The maximum Gasteiger partial charge on any atom is 0.247 e. The van der Waals surface area contributed by atoms with E-state index >= 15 is 0 Å². The van der Waals surface area contributed by atoms with Crippen LogP contribution in [0.5, 0.6) is 0 Å². The second-order valence-corrected chi connectivity index (χ2v) is 5.60. The van der Waals surface area contributed by atoms with E-state index in [4.69, 9.17) is 0 Å². The van der Waals surface area contributed by atoms with Gasteiger partial charge in [0.25, 0.3) is 0 Å². The van der Waals surface area contributed by atoms with Crippen molar-refractivity contribution >= 4 is 17.3 Å². The summed E-state index contributed by atoms with van der Waals surface area (Å²) in [6, 6.07) is 12.6. The molecule has 4 heterocycles. The van der Waals surface area contributed by atoms with Crippen LogP contribution in [0.3, 0.4) is 0 Å². The molecular formula is C18H15FN6O. The highest BCUT2D eigenvalue weighted by atomic mass is 19.1. The van der Waals surface area contributed by atoms with Gasteiger partial charge in [0.05, 0.1) is 23.7 Å². The van der Waals surface area contributed by atoms with Crippen LogP contribution >= 0.6 is 0 Å². The highest BCUT2D eigenvalue weighted by molar-refractivity contribution is 5.64. The Balaban J connectivity index is 1.73. The lowest BCUT2D eigenvalue weighted by Crippen LogP contribution is -1.97. The van der Waals surface area contributed by atoms with Crippen LogP contribution in [0.1, 0.15) is 11.4 Å². The number of rotatable bonds is 5. The van der Waals surface area contributed by atoms with Gasteiger partial charge in [-0.15, -0.1) is 5.10 Å². The molecule has 0 saturated carbocycles. The van der Waals surface area contributed by atoms with E-state index in [0.717, 1.165) is 16.9 Å². The Morgan fingerprint density at radius 1 is 1.04 bits per heavy atom. The molecule has 26 heavy (non-hydrogen) atoms. The van der Waals surface area contributed by atoms with E-state index in [1.54, 1.807) is 41.2 Å². The molecule has 0 aliphatic rings. The largest absolute Gasteiger partial charge is 0.390 e. The molecule has 0 saturated heterocycles. The summed E-state index contributed by atoms with van der Waals surface area (Å²) in [4.78, 5) is 12.5. The van der Waals surface area contributed by atoms with Crippen molar-refractivity contribution in [2.45, 2.75) is 13.3 Å². The lowest BCUT2D eigenvalue weighted by Gasteiger charge is -2.05. The number of nitrogens with one attached hydrogen (secondary N) is 1. The second-order valence-electron chi connectivity index (χ2n) is 5.60. The van der Waals surface area contributed by atoms with Crippen LogP contribution in [0.4, 0.5) is 16.0 Å². The molecule has 0 aliphatic heterocycles. The molecular weight excluding hydrogens is 335 g/mol. The smallest absolute Gasteiger partial charge is 0.247 e. The van der Waals surface area contributed by atoms with E-state index in [-0.39, 0.29) is 6.61 Å². The van der Waals surface area contributed by atoms with Gasteiger partial charge in [0, 0.05) is 23.6 Å². The zero-order valence-electron chi connectivity index (χ0n) is 13.7. The quantitative estimate of drug-likeness (QED) is 0.575. The summed E-state index contributed by atoms with van der Waals surface area (Å²) in [7, 11) is 0. The van der Waals surface area contributed by atoms with Crippen LogP contribution in [-0.4, -0.2) is 29.7 Å². The van der Waals surface area contributed by atoms with E-state index in [2.05, 4.69) is 25.4 Å². The third-order valence-corrected chi connectivity index (χ3v) is 3.84. The van der Waals surface area contributed by atoms with Crippen molar-refractivity contribution < 1.29 is 9.50 Å². The number of aromatic nitrogens is 5. The van der Waals surface area contributed by atoms with Crippen LogP contribution in [0, 0.1) is 0 Å². The highest BCUT2D eigenvalue weighted by Gasteiger charge is 2.10. The average molecular weight is 350 g/mol. The molecule has 0 amide bonds. The summed E-state index contributed by atoms with van der Waals surface area (Å²) < 4.78 is 14.6. The Kier molecular flexibility index (Phi) is 4.24. The molecule has 7 nitrogen and oxygen atoms in total. The fourth-order valence-corrected chi connectivity index (χ4v) is 2.66. The van der Waals surface area contributed by atoms with Crippen LogP contribution in [0.2, 0.25) is 0 Å². The lowest BCUT2D eigenvalue weighted by atomic mass is 10.1. The van der Waals surface area contributed by atoms with Gasteiger partial charge in [0.1, 0.15) is 6.67 Å². The molecule has 0 radical (unpaired) electrons. The van der Waals surface area contributed by atoms with Gasteiger partial charge in [-0.1, -0.05) is 6.07 Å². The molecule has 8 heteroatoms. The molecule has 0 spiro atoms. The zero-order chi connectivity index (χ0) is 17.9. The number of nitrogens with zero attached hydrogens (tertiary/aromatic N) is 5. The first-order chi connectivity index (χ1) is 12.8. The molecule has 0 atom stereocenters. The van der Waals surface area contributed by atoms with E-state index in [9.17, 15) is 9.50 Å². The van der Waals surface area contributed by atoms with Crippen molar-refractivity contribution in [3.8, 4) is 11.3 Å². The van der Waals surface area contributed by atoms with Crippen molar-refractivity contribution in [2.24, 2.45) is 0 Å². The molecule has 0 aliphatic carbocycles. The number of halogens is 1. The number of hydrogen-bond acceptors (Lipinski definition) is 6. The summed E-state index contributed by atoms with van der Waals surface area (Å²) in [5.74, 6) is 0.410. The maximum absolute atomic E-state index is 12.9. The van der Waals surface area contributed by atoms with E-state index < -0.39 is 6.67 Å². The van der Waals surface area contributed by atoms with Crippen molar-refractivity contribution in [2.75, 3.05) is 5.32 Å². The fourth-order valence-electron chi connectivity index (χ4n) is 2.66. The molecule has 0 fully saturated rings. The second kappa shape index (κ2) is 6.85. The molecule has 0 bridgehead atoms. The van der Waals surface area contributed by atoms with E-state index in [1.807, 2.05) is 18.2 Å². The Labute approximate surface area is 148 Å². The predicted molar refractivity (Wildman–Crippen MR) is 94.5 cm³/mol. The van der Waals surface area contributed by atoms with Crippen LogP contribution in [-0.2, 0) is 13.3 Å². The Bertz CT molecular complexity index is 1060. The van der Waals surface area contributed by atoms with Crippen molar-refractivity contribution in [3.63, 3.8) is 0 Å². The van der Waals surface area contributed by atoms with E-state index in [0.29, 0.717) is 23.0 Å². The molecule has 2 N–H and O–H groups in total. The van der Waals surface area contributed by atoms with Gasteiger partial charge in [-0.25, -0.2) is 8.91 Å². The van der Waals surface area contributed by atoms with Crippen LogP contribution in [0.15, 0.2) is 54.9 Å². The van der Waals surface area contributed by atoms with Crippen LogP contribution < -0.4 is 5.32 Å². The predicted octanol–water partition coefficient (Wildman–Crippen LogP) is 2.89. The molecule has 0 aromatic carbocycles. The Hall–Kier alpha value is -3.39. The minimum Gasteiger partial charge on any atom is -0.390 e. The number of hydrogen-bond donors (Lipinski definition) is 2. The average Bonchev–Trinajstić information content (AvgIpc) is 3.10. The van der Waals surface area contributed by atoms with Gasteiger partial charge in [-0.2, -0.15) is 4.98 Å². The number of pyridine rings is 3. The number of aliphatic hydroxyl groups is 1. The topological polar surface area (TPSA) is 88.2 Å². The van der Waals surface area contributed by atoms with Crippen molar-refractivity contribution in [1.29, 1.82) is 0 Å². The summed E-state index contributed by atoms with van der Waals surface area (Å²) in [6.45, 7) is -0.763. The minimum absolute atomic E-state index is 0.142. The number of alkyl halides is 1. The summed E-state index contributed by atoms with van der Waals surface area (Å²) in [5.41, 5.74) is 3.89. The fraction of sp³-hybridized carbons (Fsp3) is 0.111. The van der Waals surface area contributed by atoms with Crippen LogP contribution in [0.25, 0.3) is 16.9 Å². The summed E-state index contributed by atoms with van der Waals surface area (Å²) in [5, 5.41) is 16.8. The zero-order valence-corrected chi connectivity index (χ0v) is 13.7. The van der Waals surface area contributed by atoms with Gasteiger partial charge in [-0.3, -0.25) is 9.97 Å². The van der Waals surface area contributed by atoms with Crippen molar-refractivity contribution in [3.05, 3.63) is 66.2 Å². The Morgan fingerprint density at radius 2 is 1.88 bits per heavy atom. The third-order valence-electron chi connectivity index (χ3n) is 3.84. The minimum atomic E-state index is -0.622. The summed E-state index contributed by atoms with van der Waals surface area (Å²) >= 11 is 0. The lowest BCUT2D eigenvalue weighted by molar-refractivity contribution is 0.277. The Morgan fingerprint density at radius 3 is 2.73 bits per heavy atom. The highest BCUT2D eigenvalue weighted by Crippen LogP contribution is 2.22. The van der Waals surface area contributed by atoms with Gasteiger partial charge in [0.2, 0.25) is 5.95 Å². The number of fused-ring (bicyclic) bond motifs is 1. The van der Waals surface area contributed by atoms with Crippen molar-refractivity contribution in [1.82, 2.24) is 24.6 Å². The summed E-state index contributed by atoms with van der Waals surface area (Å²) in [6.07, 6.45) is 3.18. The first kappa shape index (κ1) is 16.1. The van der Waals surface area contributed by atoms with Gasteiger partial charge in [0.15, 0.2) is 5.65 Å². The normalized spacial score (nSPS) is 11.0.